The summed E-state index contributed by atoms with van der Waals surface area (Å²) in [6, 6.07) is 14.6. The largest absolute Gasteiger partial charge is 0.497 e. The fraction of sp³-hybridized carbons (Fsp3) is 0.222. The third-order valence-electron chi connectivity index (χ3n) is 4.38. The molecule has 0 saturated carbocycles. The Kier molecular flexibility index (Phi) is 3.65. The van der Waals surface area contributed by atoms with E-state index in [4.69, 9.17) is 4.74 Å². The van der Waals surface area contributed by atoms with Gasteiger partial charge >= 0.3 is 0 Å². The van der Waals surface area contributed by atoms with E-state index in [-0.39, 0.29) is 17.9 Å². The molecule has 0 bridgehead atoms. The summed E-state index contributed by atoms with van der Waals surface area (Å²) in [6.07, 6.45) is 2.32. The van der Waals surface area contributed by atoms with Gasteiger partial charge in [0.25, 0.3) is 0 Å². The normalized spacial score (nSPS) is 19.4. The first-order valence-electron chi connectivity index (χ1n) is 7.80. The topological polar surface area (TPSA) is 52.0 Å². The summed E-state index contributed by atoms with van der Waals surface area (Å²) < 4.78 is 20.4. The number of fused-ring (bicyclic) bond motifs is 1. The zero-order valence-electron chi connectivity index (χ0n) is 13.2. The molecule has 24 heavy (non-hydrogen) atoms. The number of nitrogens with one attached hydrogen (secondary N) is 1. The van der Waals surface area contributed by atoms with Crippen LogP contribution in [-0.2, 0) is 0 Å². The average molecular weight is 324 g/mol. The monoisotopic (exact) mass is 324 g/mol. The van der Waals surface area contributed by atoms with Crippen molar-refractivity contribution in [3.05, 3.63) is 71.8 Å². The highest BCUT2D eigenvalue weighted by atomic mass is 19.1. The highest BCUT2D eigenvalue weighted by Gasteiger charge is 2.30. The van der Waals surface area contributed by atoms with E-state index < -0.39 is 0 Å². The predicted molar refractivity (Wildman–Crippen MR) is 88.5 cm³/mol. The molecule has 0 spiro atoms. The van der Waals surface area contributed by atoms with E-state index in [0.717, 1.165) is 23.3 Å². The lowest BCUT2D eigenvalue weighted by molar-refractivity contribution is 0.410. The van der Waals surface area contributed by atoms with Gasteiger partial charge in [-0.25, -0.2) is 9.07 Å². The number of hydrogen-bond donors (Lipinski definition) is 1. The maximum atomic E-state index is 13.3. The third kappa shape index (κ3) is 2.60. The lowest BCUT2D eigenvalue weighted by atomic mass is 9.93. The van der Waals surface area contributed by atoms with Crippen molar-refractivity contribution in [3.63, 3.8) is 0 Å². The minimum atomic E-state index is -0.240. The first-order valence-corrected chi connectivity index (χ1v) is 7.80. The Morgan fingerprint density at radius 3 is 2.79 bits per heavy atom. The van der Waals surface area contributed by atoms with E-state index in [2.05, 4.69) is 21.5 Å². The first-order chi connectivity index (χ1) is 11.7. The summed E-state index contributed by atoms with van der Waals surface area (Å²) in [7, 11) is 1.66. The molecule has 0 aliphatic carbocycles. The van der Waals surface area contributed by atoms with Crippen molar-refractivity contribution in [2.24, 2.45) is 0 Å². The average Bonchev–Trinajstić information content (AvgIpc) is 3.10. The van der Waals surface area contributed by atoms with Crippen LogP contribution in [0.25, 0.3) is 0 Å². The maximum absolute atomic E-state index is 13.3. The molecule has 4 rings (SSSR count). The van der Waals surface area contributed by atoms with Gasteiger partial charge in [-0.05, 0) is 41.8 Å². The molecule has 0 radical (unpaired) electrons. The lowest BCUT2D eigenvalue weighted by Gasteiger charge is -2.32. The molecule has 5 nitrogen and oxygen atoms in total. The molecule has 0 fully saturated rings. The minimum Gasteiger partial charge on any atom is -0.497 e. The second kappa shape index (κ2) is 5.96. The van der Waals surface area contributed by atoms with Crippen LogP contribution in [0.5, 0.6) is 5.75 Å². The van der Waals surface area contributed by atoms with Gasteiger partial charge in [-0.3, -0.25) is 0 Å². The summed E-state index contributed by atoms with van der Waals surface area (Å²) in [6.45, 7) is 0. The number of hydrogen-bond acceptors (Lipinski definition) is 4. The summed E-state index contributed by atoms with van der Waals surface area (Å²) >= 11 is 0. The van der Waals surface area contributed by atoms with Crippen LogP contribution in [0, 0.1) is 5.82 Å². The molecule has 6 heteroatoms. The minimum absolute atomic E-state index is 0.000510. The fourth-order valence-corrected chi connectivity index (χ4v) is 3.16. The quantitative estimate of drug-likeness (QED) is 0.800. The van der Waals surface area contributed by atoms with Crippen molar-refractivity contribution >= 4 is 5.95 Å². The van der Waals surface area contributed by atoms with Crippen LogP contribution in [0.4, 0.5) is 10.3 Å². The zero-order valence-corrected chi connectivity index (χ0v) is 13.2. The molecule has 0 amide bonds. The van der Waals surface area contributed by atoms with Gasteiger partial charge in [-0.1, -0.05) is 24.3 Å². The second-order valence-electron chi connectivity index (χ2n) is 5.80. The van der Waals surface area contributed by atoms with Gasteiger partial charge in [-0.15, -0.1) is 0 Å². The Morgan fingerprint density at radius 1 is 1.17 bits per heavy atom. The molecule has 1 aromatic heterocycles. The highest BCUT2D eigenvalue weighted by molar-refractivity contribution is 5.40. The number of methoxy groups -OCH3 is 1. The van der Waals surface area contributed by atoms with Gasteiger partial charge in [0.05, 0.1) is 19.2 Å². The number of anilines is 1. The summed E-state index contributed by atoms with van der Waals surface area (Å²) in [4.78, 5) is 4.30. The molecule has 0 saturated heterocycles. The van der Waals surface area contributed by atoms with Gasteiger partial charge in [0.2, 0.25) is 5.95 Å². The molecule has 1 aliphatic rings. The number of aromatic nitrogens is 3. The Morgan fingerprint density at radius 2 is 2.00 bits per heavy atom. The molecule has 2 unspecified atom stereocenters. The van der Waals surface area contributed by atoms with Crippen LogP contribution in [0.3, 0.4) is 0 Å². The van der Waals surface area contributed by atoms with Crippen molar-refractivity contribution in [2.75, 3.05) is 12.4 Å². The molecule has 3 aromatic rings. The first kappa shape index (κ1) is 14.7. The van der Waals surface area contributed by atoms with Crippen LogP contribution in [-0.4, -0.2) is 21.9 Å². The summed E-state index contributed by atoms with van der Waals surface area (Å²) in [5.41, 5.74) is 2.13. The van der Waals surface area contributed by atoms with Crippen LogP contribution in [0.15, 0.2) is 54.9 Å². The molecule has 1 aliphatic heterocycles. The van der Waals surface area contributed by atoms with Gasteiger partial charge in [0.1, 0.15) is 17.9 Å². The number of nitrogens with zero attached hydrogens (tertiary/aromatic N) is 3. The third-order valence-corrected chi connectivity index (χ3v) is 4.38. The number of benzene rings is 2. The van der Waals surface area contributed by atoms with Gasteiger partial charge < -0.3 is 10.1 Å². The molecular weight excluding hydrogens is 307 g/mol. The zero-order chi connectivity index (χ0) is 16.5. The Labute approximate surface area is 139 Å². The van der Waals surface area contributed by atoms with Crippen LogP contribution in [0.1, 0.15) is 29.6 Å². The molecule has 2 atom stereocenters. The van der Waals surface area contributed by atoms with Crippen molar-refractivity contribution in [2.45, 2.75) is 18.5 Å². The highest BCUT2D eigenvalue weighted by Crippen LogP contribution is 2.37. The van der Waals surface area contributed by atoms with Crippen molar-refractivity contribution < 1.29 is 9.13 Å². The van der Waals surface area contributed by atoms with Crippen molar-refractivity contribution in [1.29, 1.82) is 0 Å². The Hall–Kier alpha value is -2.89. The molecule has 2 heterocycles. The molecule has 2 aromatic carbocycles. The van der Waals surface area contributed by atoms with E-state index in [9.17, 15) is 4.39 Å². The summed E-state index contributed by atoms with van der Waals surface area (Å²) in [5.74, 6) is 1.29. The van der Waals surface area contributed by atoms with E-state index in [1.807, 2.05) is 22.9 Å². The van der Waals surface area contributed by atoms with Crippen molar-refractivity contribution in [1.82, 2.24) is 14.8 Å². The van der Waals surface area contributed by atoms with Gasteiger partial charge in [-0.2, -0.15) is 10.1 Å². The smallest absolute Gasteiger partial charge is 0.222 e. The second-order valence-corrected chi connectivity index (χ2v) is 5.80. The fourth-order valence-electron chi connectivity index (χ4n) is 3.16. The predicted octanol–water partition coefficient (Wildman–Crippen LogP) is 3.57. The Balaban J connectivity index is 1.71. The van der Waals surface area contributed by atoms with E-state index in [0.29, 0.717) is 5.95 Å². The molecule has 1 N–H and O–H groups in total. The SMILES string of the molecule is COc1cccc(C2CC(c3ccc(F)cc3)n3ncnc3N2)c1. The molecular formula is C18H17FN4O. The number of ether oxygens (including phenoxy) is 1. The van der Waals surface area contributed by atoms with Crippen molar-refractivity contribution in [3.8, 4) is 5.75 Å². The van der Waals surface area contributed by atoms with Crippen LogP contribution < -0.4 is 10.1 Å². The van der Waals surface area contributed by atoms with Gasteiger partial charge in [0.15, 0.2) is 0 Å². The summed E-state index contributed by atoms with van der Waals surface area (Å²) in [5, 5.41) is 7.74. The van der Waals surface area contributed by atoms with E-state index in [1.165, 1.54) is 18.5 Å². The van der Waals surface area contributed by atoms with Crippen LogP contribution in [0.2, 0.25) is 0 Å². The van der Waals surface area contributed by atoms with Gasteiger partial charge in [0, 0.05) is 0 Å². The van der Waals surface area contributed by atoms with Crippen LogP contribution >= 0.6 is 0 Å². The standard InChI is InChI=1S/C18H17FN4O/c1-24-15-4-2-3-13(9-15)16-10-17(12-5-7-14(19)8-6-12)23-18(22-16)20-11-21-23/h2-9,11,16-17H,10H2,1H3,(H,20,21,22). The maximum Gasteiger partial charge on any atom is 0.222 e. The lowest BCUT2D eigenvalue weighted by Crippen LogP contribution is -2.28. The number of rotatable bonds is 3. The Bertz CT molecular complexity index is 846. The molecule has 122 valence electrons. The van der Waals surface area contributed by atoms with E-state index >= 15 is 0 Å². The van der Waals surface area contributed by atoms with E-state index in [1.54, 1.807) is 19.2 Å². The number of halogens is 1.